The van der Waals surface area contributed by atoms with Gasteiger partial charge >= 0.3 is 0 Å². The predicted molar refractivity (Wildman–Crippen MR) is 134 cm³/mol. The third kappa shape index (κ3) is 6.96. The number of hydrogen-bond acceptors (Lipinski definition) is 6. The first-order valence-corrected chi connectivity index (χ1v) is 11.1. The molecule has 10 heteroatoms. The summed E-state index contributed by atoms with van der Waals surface area (Å²) in [5.41, 5.74) is 0.980. The minimum Gasteiger partial charge on any atom is -0.490 e. The van der Waals surface area contributed by atoms with Crippen LogP contribution in [0.2, 0.25) is 10.0 Å². The van der Waals surface area contributed by atoms with E-state index in [1.807, 2.05) is 25.1 Å². The van der Waals surface area contributed by atoms with E-state index in [0.717, 1.165) is 11.6 Å². The van der Waals surface area contributed by atoms with Gasteiger partial charge in [0, 0.05) is 17.2 Å². The summed E-state index contributed by atoms with van der Waals surface area (Å²) in [6.07, 6.45) is 1.37. The van der Waals surface area contributed by atoms with E-state index >= 15 is 0 Å². The quantitative estimate of drug-likeness (QED) is 0.153. The van der Waals surface area contributed by atoms with Crippen LogP contribution >= 0.6 is 23.2 Å². The Balaban J connectivity index is 1.80. The van der Waals surface area contributed by atoms with Crippen molar-refractivity contribution in [1.29, 1.82) is 5.26 Å². The summed E-state index contributed by atoms with van der Waals surface area (Å²) in [4.78, 5) is 23.0. The number of nitrogens with zero attached hydrogens (tertiary/aromatic N) is 2. The molecule has 1 amide bonds. The second kappa shape index (κ2) is 11.9. The number of nitriles is 1. The first kappa shape index (κ1) is 25.6. The molecule has 3 rings (SSSR count). The highest BCUT2D eigenvalue weighted by atomic mass is 35.5. The van der Waals surface area contributed by atoms with E-state index in [1.54, 1.807) is 30.3 Å². The zero-order valence-corrected chi connectivity index (χ0v) is 20.0. The first-order chi connectivity index (χ1) is 16.8. The van der Waals surface area contributed by atoms with Crippen LogP contribution in [0.1, 0.15) is 18.1 Å². The fourth-order valence-corrected chi connectivity index (χ4v) is 3.26. The monoisotopic (exact) mass is 511 g/mol. The van der Waals surface area contributed by atoms with Crippen molar-refractivity contribution < 1.29 is 19.2 Å². The lowest BCUT2D eigenvalue weighted by molar-refractivity contribution is -0.384. The maximum atomic E-state index is 12.6. The fourth-order valence-electron chi connectivity index (χ4n) is 2.97. The highest BCUT2D eigenvalue weighted by Gasteiger charge is 2.16. The van der Waals surface area contributed by atoms with Gasteiger partial charge in [0.2, 0.25) is 0 Å². The third-order valence-electron chi connectivity index (χ3n) is 4.66. The Labute approximate surface area is 211 Å². The molecule has 178 valence electrons. The highest BCUT2D eigenvalue weighted by Crippen LogP contribution is 2.31. The summed E-state index contributed by atoms with van der Waals surface area (Å²) < 4.78 is 11.5. The van der Waals surface area contributed by atoms with Crippen molar-refractivity contribution in [3.05, 3.63) is 97.5 Å². The topological polar surface area (TPSA) is 114 Å². The van der Waals surface area contributed by atoms with E-state index in [-0.39, 0.29) is 22.0 Å². The van der Waals surface area contributed by atoms with Crippen LogP contribution in [0.15, 0.2) is 66.2 Å². The van der Waals surface area contributed by atoms with Gasteiger partial charge < -0.3 is 14.8 Å². The van der Waals surface area contributed by atoms with Crippen LogP contribution in [0.4, 0.5) is 11.4 Å². The van der Waals surface area contributed by atoms with Crippen molar-refractivity contribution in [3.8, 4) is 17.6 Å². The number of nitro groups is 1. The SMILES string of the molecule is CCOc1cc(/C=C(\C#N)C(=O)Nc2cc([N+](=O)[O-])ccc2Cl)ccc1OCc1ccc(Cl)cc1. The van der Waals surface area contributed by atoms with Crippen LogP contribution < -0.4 is 14.8 Å². The Kier molecular flexibility index (Phi) is 8.68. The number of carbonyl (C=O) groups excluding carboxylic acids is 1. The number of nitrogens with one attached hydrogen (secondary N) is 1. The summed E-state index contributed by atoms with van der Waals surface area (Å²) >= 11 is 11.9. The van der Waals surface area contributed by atoms with Crippen molar-refractivity contribution in [2.24, 2.45) is 0 Å². The second-order valence-electron chi connectivity index (χ2n) is 7.10. The van der Waals surface area contributed by atoms with E-state index in [0.29, 0.717) is 35.3 Å². The number of carbonyl (C=O) groups is 1. The van der Waals surface area contributed by atoms with Gasteiger partial charge in [0.1, 0.15) is 18.2 Å². The Morgan fingerprint density at radius 3 is 2.49 bits per heavy atom. The molecule has 0 spiro atoms. The number of halogens is 2. The van der Waals surface area contributed by atoms with Gasteiger partial charge in [-0.2, -0.15) is 5.26 Å². The van der Waals surface area contributed by atoms with Gasteiger partial charge in [-0.25, -0.2) is 0 Å². The van der Waals surface area contributed by atoms with Crippen molar-refractivity contribution in [2.75, 3.05) is 11.9 Å². The smallest absolute Gasteiger partial charge is 0.271 e. The Hall–Kier alpha value is -4.06. The number of rotatable bonds is 9. The molecular weight excluding hydrogens is 493 g/mol. The van der Waals surface area contributed by atoms with E-state index < -0.39 is 10.8 Å². The number of anilines is 1. The van der Waals surface area contributed by atoms with Crippen LogP contribution in [0.5, 0.6) is 11.5 Å². The average Bonchev–Trinajstić information content (AvgIpc) is 2.84. The molecule has 0 saturated carbocycles. The molecule has 3 aromatic carbocycles. The zero-order valence-electron chi connectivity index (χ0n) is 18.5. The predicted octanol–water partition coefficient (Wildman–Crippen LogP) is 6.42. The van der Waals surface area contributed by atoms with Gasteiger partial charge in [-0.3, -0.25) is 14.9 Å². The fraction of sp³-hybridized carbons (Fsp3) is 0.120. The summed E-state index contributed by atoms with van der Waals surface area (Å²) in [6, 6.07) is 17.7. The lowest BCUT2D eigenvalue weighted by Crippen LogP contribution is -2.14. The van der Waals surface area contributed by atoms with Crippen LogP contribution in [0.25, 0.3) is 6.08 Å². The van der Waals surface area contributed by atoms with Gasteiger partial charge in [-0.05, 0) is 54.5 Å². The molecule has 1 N–H and O–H groups in total. The Morgan fingerprint density at radius 2 is 1.83 bits per heavy atom. The molecular formula is C25H19Cl2N3O5. The molecule has 8 nitrogen and oxygen atoms in total. The Bertz CT molecular complexity index is 1320. The van der Waals surface area contributed by atoms with Crippen LogP contribution in [-0.4, -0.2) is 17.4 Å². The molecule has 0 bridgehead atoms. The lowest BCUT2D eigenvalue weighted by Gasteiger charge is -2.13. The maximum Gasteiger partial charge on any atom is 0.271 e. The van der Waals surface area contributed by atoms with Crippen LogP contribution in [0, 0.1) is 21.4 Å². The summed E-state index contributed by atoms with van der Waals surface area (Å²) in [7, 11) is 0. The van der Waals surface area contributed by atoms with Crippen LogP contribution in [-0.2, 0) is 11.4 Å². The number of non-ortho nitro benzene ring substituents is 1. The minimum atomic E-state index is -0.768. The number of amides is 1. The summed E-state index contributed by atoms with van der Waals surface area (Å²) in [5.74, 6) is 0.163. The van der Waals surface area contributed by atoms with E-state index in [9.17, 15) is 20.2 Å². The molecule has 35 heavy (non-hydrogen) atoms. The summed E-state index contributed by atoms with van der Waals surface area (Å²) in [6.45, 7) is 2.49. The summed E-state index contributed by atoms with van der Waals surface area (Å²) in [5, 5.41) is 23.7. The molecule has 0 unspecified atom stereocenters. The minimum absolute atomic E-state index is 0.0213. The lowest BCUT2D eigenvalue weighted by atomic mass is 10.1. The highest BCUT2D eigenvalue weighted by molar-refractivity contribution is 6.34. The van der Waals surface area contributed by atoms with E-state index in [4.69, 9.17) is 32.7 Å². The molecule has 0 aliphatic carbocycles. The van der Waals surface area contributed by atoms with Gasteiger partial charge in [-0.15, -0.1) is 0 Å². The molecule has 0 radical (unpaired) electrons. The van der Waals surface area contributed by atoms with Gasteiger partial charge in [0.15, 0.2) is 11.5 Å². The van der Waals surface area contributed by atoms with Crippen molar-refractivity contribution in [2.45, 2.75) is 13.5 Å². The van der Waals surface area contributed by atoms with Crippen molar-refractivity contribution >= 4 is 46.6 Å². The molecule has 0 aliphatic rings. The number of ether oxygens (including phenoxy) is 2. The van der Waals surface area contributed by atoms with E-state index in [1.165, 1.54) is 18.2 Å². The van der Waals surface area contributed by atoms with Crippen molar-refractivity contribution in [3.63, 3.8) is 0 Å². The molecule has 0 saturated heterocycles. The Morgan fingerprint density at radius 1 is 1.09 bits per heavy atom. The normalized spacial score (nSPS) is 10.9. The molecule has 0 aromatic heterocycles. The second-order valence-corrected chi connectivity index (χ2v) is 7.94. The first-order valence-electron chi connectivity index (χ1n) is 10.3. The van der Waals surface area contributed by atoms with Crippen LogP contribution in [0.3, 0.4) is 0 Å². The molecule has 3 aromatic rings. The molecule has 0 heterocycles. The average molecular weight is 512 g/mol. The molecule has 0 aliphatic heterocycles. The molecule has 0 fully saturated rings. The number of benzene rings is 3. The number of hydrogen-bond donors (Lipinski definition) is 1. The van der Waals surface area contributed by atoms with Gasteiger partial charge in [-0.1, -0.05) is 41.4 Å². The zero-order chi connectivity index (χ0) is 25.4. The van der Waals surface area contributed by atoms with Gasteiger partial charge in [0.05, 0.1) is 22.2 Å². The van der Waals surface area contributed by atoms with Gasteiger partial charge in [0.25, 0.3) is 11.6 Å². The van der Waals surface area contributed by atoms with Crippen molar-refractivity contribution in [1.82, 2.24) is 0 Å². The largest absolute Gasteiger partial charge is 0.490 e. The van der Waals surface area contributed by atoms with E-state index in [2.05, 4.69) is 5.32 Å². The standard InChI is InChI=1S/C25H19Cl2N3O5/c1-2-34-24-12-17(5-10-23(24)35-15-16-3-6-19(26)7-4-16)11-18(14-28)25(31)29-22-13-20(30(32)33)8-9-21(22)27/h3-13H,2,15H2,1H3,(H,29,31)/b18-11+. The third-order valence-corrected chi connectivity index (χ3v) is 5.24. The maximum absolute atomic E-state index is 12.6. The molecule has 0 atom stereocenters. The number of nitro benzene ring substituents is 1.